The van der Waals surface area contributed by atoms with E-state index < -0.39 is 4.92 Å². The molecule has 2 aromatic rings. The lowest BCUT2D eigenvalue weighted by Crippen LogP contribution is -2.30. The summed E-state index contributed by atoms with van der Waals surface area (Å²) in [5.41, 5.74) is 2.32. The lowest BCUT2D eigenvalue weighted by atomic mass is 10.1. The molecule has 26 heavy (non-hydrogen) atoms. The number of non-ortho nitro benzene ring substituents is 1. The quantitative estimate of drug-likeness (QED) is 0.436. The third kappa shape index (κ3) is 6.16. The number of amides is 1. The predicted octanol–water partition coefficient (Wildman–Crippen LogP) is 3.45. The highest BCUT2D eigenvalue weighted by Crippen LogP contribution is 2.25. The Kier molecular flexibility index (Phi) is 7.17. The summed E-state index contributed by atoms with van der Waals surface area (Å²) < 4.78 is 0. The molecule has 0 saturated heterocycles. The SMILES string of the molecule is CC(Sc1ccc([N+](=O)[O-])cc1)C(=O)NCc1ccc(CN(C)C)cc1. The summed E-state index contributed by atoms with van der Waals surface area (Å²) in [7, 11) is 4.05. The Labute approximate surface area is 157 Å². The lowest BCUT2D eigenvalue weighted by molar-refractivity contribution is -0.384. The fourth-order valence-electron chi connectivity index (χ4n) is 2.36. The molecule has 1 N–H and O–H groups in total. The smallest absolute Gasteiger partial charge is 0.269 e. The summed E-state index contributed by atoms with van der Waals surface area (Å²) in [6.07, 6.45) is 0. The zero-order valence-corrected chi connectivity index (χ0v) is 16.0. The topological polar surface area (TPSA) is 75.5 Å². The third-order valence-electron chi connectivity index (χ3n) is 3.72. The van der Waals surface area contributed by atoms with Crippen LogP contribution in [0.25, 0.3) is 0 Å². The van der Waals surface area contributed by atoms with Gasteiger partial charge in [0.15, 0.2) is 0 Å². The average Bonchev–Trinajstić information content (AvgIpc) is 2.60. The number of hydrogen-bond donors (Lipinski definition) is 1. The van der Waals surface area contributed by atoms with Crippen molar-refractivity contribution in [3.05, 3.63) is 69.8 Å². The largest absolute Gasteiger partial charge is 0.351 e. The Morgan fingerprint density at radius 3 is 2.23 bits per heavy atom. The van der Waals surface area contributed by atoms with Crippen molar-refractivity contribution in [2.45, 2.75) is 30.2 Å². The number of nitrogens with zero attached hydrogens (tertiary/aromatic N) is 2. The van der Waals surface area contributed by atoms with E-state index in [2.05, 4.69) is 22.3 Å². The van der Waals surface area contributed by atoms with E-state index in [0.29, 0.717) is 6.54 Å². The zero-order chi connectivity index (χ0) is 19.1. The number of carbonyl (C=O) groups excluding carboxylic acids is 1. The second-order valence-electron chi connectivity index (χ2n) is 6.28. The van der Waals surface area contributed by atoms with Gasteiger partial charge in [-0.2, -0.15) is 0 Å². The van der Waals surface area contributed by atoms with Gasteiger partial charge in [0.05, 0.1) is 10.2 Å². The molecule has 2 aromatic carbocycles. The van der Waals surface area contributed by atoms with Crippen LogP contribution in [0.3, 0.4) is 0 Å². The first-order chi connectivity index (χ1) is 12.3. The summed E-state index contributed by atoms with van der Waals surface area (Å²) in [6, 6.07) is 14.4. The molecule has 0 fully saturated rings. The summed E-state index contributed by atoms with van der Waals surface area (Å²) in [5, 5.41) is 13.3. The highest BCUT2D eigenvalue weighted by atomic mass is 32.2. The van der Waals surface area contributed by atoms with Crippen LogP contribution in [0.4, 0.5) is 5.69 Å². The molecule has 1 atom stereocenters. The monoisotopic (exact) mass is 373 g/mol. The molecule has 6 nitrogen and oxygen atoms in total. The van der Waals surface area contributed by atoms with Crippen LogP contribution < -0.4 is 5.32 Å². The van der Waals surface area contributed by atoms with Gasteiger partial charge in [0.2, 0.25) is 5.91 Å². The van der Waals surface area contributed by atoms with Gasteiger partial charge in [0, 0.05) is 30.1 Å². The molecule has 138 valence electrons. The Bertz CT molecular complexity index is 746. The normalized spacial score (nSPS) is 12.0. The van der Waals surface area contributed by atoms with E-state index in [9.17, 15) is 14.9 Å². The summed E-state index contributed by atoms with van der Waals surface area (Å²) in [6.45, 7) is 3.18. The van der Waals surface area contributed by atoms with Crippen LogP contribution in [-0.2, 0) is 17.9 Å². The number of rotatable bonds is 8. The van der Waals surface area contributed by atoms with Gasteiger partial charge < -0.3 is 10.2 Å². The van der Waals surface area contributed by atoms with Crippen molar-refractivity contribution in [2.24, 2.45) is 0 Å². The van der Waals surface area contributed by atoms with Crippen molar-refractivity contribution >= 4 is 23.4 Å². The number of thioether (sulfide) groups is 1. The number of benzene rings is 2. The molecule has 7 heteroatoms. The zero-order valence-electron chi connectivity index (χ0n) is 15.1. The van der Waals surface area contributed by atoms with Gasteiger partial charge in [0.1, 0.15) is 0 Å². The molecule has 0 aliphatic heterocycles. The minimum absolute atomic E-state index is 0.0455. The predicted molar refractivity (Wildman–Crippen MR) is 104 cm³/mol. The van der Waals surface area contributed by atoms with Crippen molar-refractivity contribution in [1.82, 2.24) is 10.2 Å². The first-order valence-electron chi connectivity index (χ1n) is 8.26. The third-order valence-corrected chi connectivity index (χ3v) is 4.83. The Balaban J connectivity index is 1.83. The van der Waals surface area contributed by atoms with Gasteiger partial charge in [-0.1, -0.05) is 24.3 Å². The molecule has 0 spiro atoms. The van der Waals surface area contributed by atoms with Crippen LogP contribution >= 0.6 is 11.8 Å². The average molecular weight is 373 g/mol. The Hall–Kier alpha value is -2.38. The fraction of sp³-hybridized carbons (Fsp3) is 0.316. The summed E-state index contributed by atoms with van der Waals surface area (Å²) in [5.74, 6) is -0.0641. The molecule has 0 aromatic heterocycles. The lowest BCUT2D eigenvalue weighted by Gasteiger charge is -2.13. The van der Waals surface area contributed by atoms with Gasteiger partial charge in [-0.25, -0.2) is 0 Å². The minimum Gasteiger partial charge on any atom is -0.351 e. The number of nitrogens with one attached hydrogen (secondary N) is 1. The second kappa shape index (κ2) is 9.35. The number of carbonyl (C=O) groups is 1. The van der Waals surface area contributed by atoms with Gasteiger partial charge in [0.25, 0.3) is 5.69 Å². The Morgan fingerprint density at radius 2 is 1.69 bits per heavy atom. The van der Waals surface area contributed by atoms with E-state index in [1.54, 1.807) is 12.1 Å². The number of nitro groups is 1. The highest BCUT2D eigenvalue weighted by Gasteiger charge is 2.15. The van der Waals surface area contributed by atoms with E-state index in [0.717, 1.165) is 17.0 Å². The molecular formula is C19H23N3O3S. The molecule has 0 aliphatic carbocycles. The fourth-order valence-corrected chi connectivity index (χ4v) is 3.26. The molecular weight excluding hydrogens is 350 g/mol. The van der Waals surface area contributed by atoms with E-state index >= 15 is 0 Å². The van der Waals surface area contributed by atoms with Crippen LogP contribution in [0.1, 0.15) is 18.1 Å². The van der Waals surface area contributed by atoms with Crippen molar-refractivity contribution in [2.75, 3.05) is 14.1 Å². The standard InChI is InChI=1S/C19H23N3O3S/c1-14(26-18-10-8-17(9-11-18)22(24)25)19(23)20-12-15-4-6-16(7-5-15)13-21(2)3/h4-11,14H,12-13H2,1-3H3,(H,20,23). The molecule has 0 heterocycles. The van der Waals surface area contributed by atoms with Gasteiger partial charge in [-0.05, 0) is 44.3 Å². The van der Waals surface area contributed by atoms with Gasteiger partial charge in [-0.15, -0.1) is 11.8 Å². The highest BCUT2D eigenvalue weighted by molar-refractivity contribution is 8.00. The summed E-state index contributed by atoms with van der Waals surface area (Å²) >= 11 is 1.38. The maximum atomic E-state index is 12.3. The minimum atomic E-state index is -0.436. The first-order valence-corrected chi connectivity index (χ1v) is 9.14. The van der Waals surface area contributed by atoms with E-state index in [1.165, 1.54) is 29.5 Å². The maximum absolute atomic E-state index is 12.3. The van der Waals surface area contributed by atoms with Crippen molar-refractivity contribution in [3.8, 4) is 0 Å². The second-order valence-corrected chi connectivity index (χ2v) is 7.70. The van der Waals surface area contributed by atoms with Crippen LogP contribution in [0, 0.1) is 10.1 Å². The van der Waals surface area contributed by atoms with Gasteiger partial charge >= 0.3 is 0 Å². The molecule has 0 bridgehead atoms. The Morgan fingerprint density at radius 1 is 1.12 bits per heavy atom. The molecule has 1 unspecified atom stereocenters. The number of nitro benzene ring substituents is 1. The van der Waals surface area contributed by atoms with Crippen molar-refractivity contribution < 1.29 is 9.72 Å². The molecule has 2 rings (SSSR count). The molecule has 0 aliphatic rings. The van der Waals surface area contributed by atoms with Crippen LogP contribution in [-0.4, -0.2) is 35.1 Å². The van der Waals surface area contributed by atoms with Gasteiger partial charge in [-0.3, -0.25) is 14.9 Å². The van der Waals surface area contributed by atoms with Crippen LogP contribution in [0.5, 0.6) is 0 Å². The molecule has 0 radical (unpaired) electrons. The first kappa shape index (κ1) is 19.9. The molecule has 0 saturated carbocycles. The molecule has 1 amide bonds. The van der Waals surface area contributed by atoms with E-state index in [1.807, 2.05) is 33.2 Å². The maximum Gasteiger partial charge on any atom is 0.269 e. The van der Waals surface area contributed by atoms with Crippen molar-refractivity contribution in [3.63, 3.8) is 0 Å². The van der Waals surface area contributed by atoms with Crippen molar-refractivity contribution in [1.29, 1.82) is 0 Å². The summed E-state index contributed by atoms with van der Waals surface area (Å²) in [4.78, 5) is 25.4. The van der Waals surface area contributed by atoms with E-state index in [-0.39, 0.29) is 16.8 Å². The van der Waals surface area contributed by atoms with E-state index in [4.69, 9.17) is 0 Å². The number of hydrogen-bond acceptors (Lipinski definition) is 5. The van der Waals surface area contributed by atoms with Crippen LogP contribution in [0.2, 0.25) is 0 Å². The van der Waals surface area contributed by atoms with Crippen LogP contribution in [0.15, 0.2) is 53.4 Å².